The molecule has 12 heterocycles. The fourth-order valence-electron chi connectivity index (χ4n) is 17.4. The van der Waals surface area contributed by atoms with Gasteiger partial charge in [0.1, 0.15) is 37.0 Å². The Hall–Kier alpha value is -14.7. The Bertz CT molecular complexity index is 5550. The number of rotatable bonds is 9. The Morgan fingerprint density at radius 3 is 0.780 bits per heavy atom. The zero-order valence-electron chi connectivity index (χ0n) is 72.7. The number of para-hydroxylation sites is 9. The fraction of sp³-hybridized carbons (Fsp3) is 0.204. The Balaban J connectivity index is 0.000000110. The molecule has 0 saturated heterocycles. The van der Waals surface area contributed by atoms with Crippen LogP contribution in [0.5, 0.6) is 0 Å². The quantitative estimate of drug-likeness (QED) is 0.135. The zero-order chi connectivity index (χ0) is 85.5. The highest BCUT2D eigenvalue weighted by Gasteiger charge is 2.42. The normalized spacial score (nSPS) is 17.2. The van der Waals surface area contributed by atoms with Crippen LogP contribution >= 0.6 is 0 Å². The molecule has 0 bridgehead atoms. The van der Waals surface area contributed by atoms with Gasteiger partial charge in [-0.15, -0.1) is 0 Å². The van der Waals surface area contributed by atoms with Crippen LogP contribution in [0.4, 0.5) is 120 Å². The molecule has 0 N–H and O–H groups in total. The van der Waals surface area contributed by atoms with Gasteiger partial charge >= 0.3 is 0 Å². The van der Waals surface area contributed by atoms with Gasteiger partial charge in [0.15, 0.2) is 46.5 Å². The summed E-state index contributed by atoms with van der Waals surface area (Å²) in [5.41, 5.74) is 23.0. The lowest BCUT2D eigenvalue weighted by Crippen LogP contribution is -2.36. The van der Waals surface area contributed by atoms with Crippen LogP contribution in [0.25, 0.3) is 0 Å². The Morgan fingerprint density at radius 1 is 0.163 bits per heavy atom. The van der Waals surface area contributed by atoms with E-state index in [1.54, 1.807) is 24.8 Å². The lowest BCUT2D eigenvalue weighted by molar-refractivity contribution is 0.726. The molecule has 15 aromatic rings. The molecule has 0 amide bonds. The SMILES string of the molecule is Cc1ccccc1N1c2cccnc2N(C)C1C.Cc1ccccc1N1c2cccnc2N(c2ccccc2)C1C.Cc1ccccc1N1c2ncccc2N(C)C1C.Cc1ccccc1N1c2ncccc2N(c2ccccc2)C1C.Cc1ccccc1N1c2nccnc2N(C)C1C.Cc1ccccc1N1c2nccnc2N(c2ccccc2)C1C. The van der Waals surface area contributed by atoms with Crippen molar-refractivity contribution in [3.8, 4) is 0 Å². The molecule has 123 heavy (non-hydrogen) atoms. The van der Waals surface area contributed by atoms with Gasteiger partial charge in [0.05, 0.1) is 22.7 Å². The average molecular weight is 1620 g/mol. The summed E-state index contributed by atoms with van der Waals surface area (Å²) in [4.78, 5) is 63.7. The molecule has 6 unspecified atom stereocenters. The summed E-state index contributed by atoms with van der Waals surface area (Å²) in [5, 5.41) is 0. The number of anilines is 21. The summed E-state index contributed by atoms with van der Waals surface area (Å²) in [5.74, 6) is 7.78. The van der Waals surface area contributed by atoms with Gasteiger partial charge in [-0.05, 0) is 238 Å². The van der Waals surface area contributed by atoms with Gasteiger partial charge in [-0.1, -0.05) is 164 Å². The Kier molecular flexibility index (Phi) is 24.1. The third kappa shape index (κ3) is 15.9. The van der Waals surface area contributed by atoms with Crippen LogP contribution in [0, 0.1) is 41.5 Å². The Morgan fingerprint density at radius 2 is 0.374 bits per heavy atom. The third-order valence-corrected chi connectivity index (χ3v) is 24.0. The molecule has 0 spiro atoms. The van der Waals surface area contributed by atoms with Crippen molar-refractivity contribution in [2.24, 2.45) is 0 Å². The predicted octanol–water partition coefficient (Wildman–Crippen LogP) is 23.8. The van der Waals surface area contributed by atoms with Crippen molar-refractivity contribution in [3.05, 3.63) is 368 Å². The van der Waals surface area contributed by atoms with Crippen LogP contribution in [0.15, 0.2) is 335 Å². The number of pyridine rings is 4. The zero-order valence-corrected chi connectivity index (χ0v) is 72.7. The van der Waals surface area contributed by atoms with E-state index in [1.807, 2.05) is 67.3 Å². The second-order valence-corrected chi connectivity index (χ2v) is 31.5. The van der Waals surface area contributed by atoms with E-state index in [4.69, 9.17) is 0 Å². The van der Waals surface area contributed by atoms with Gasteiger partial charge in [0, 0.05) is 122 Å². The van der Waals surface area contributed by atoms with E-state index in [9.17, 15) is 0 Å². The maximum Gasteiger partial charge on any atom is 0.178 e. The summed E-state index contributed by atoms with van der Waals surface area (Å²) >= 11 is 0. The molecule has 20 nitrogen and oxygen atoms in total. The standard InChI is InChI=1S/2C20H19N3.C19H18N4.2C15H17N3.C14H16N4/c1-15-9-6-7-12-18(15)23-16(2)22(17-10-4-3-5-11-17)20-19(23)13-8-14-21-20;1-15-9-6-7-12-18(15)23-16(2)22(17-10-4-3-5-11-17)19-13-8-14-21-20(19)23;1-14-8-6-7-11-17(14)23-15(2)22(16-9-4-3-5-10-16)18-19(23)21-13-12-20-18;1-11-7-4-5-8-13(11)18-12(2)17(3)15-14(18)9-6-10-16-15;1-11-7-4-5-8-13(11)18-12(2)17(3)14-9-6-10-16-15(14)18;1-10-6-4-5-7-12(10)18-11(2)17(3)13-14(18)16-9-8-15-13/h2*3-14,16H,1-2H3;3-13,15H,1-2H3;2*4-10,12H,1-3H3;4-9,11H,1-3H3. The molecule has 0 fully saturated rings. The Labute approximate surface area is 724 Å². The van der Waals surface area contributed by atoms with E-state index in [0.717, 1.165) is 69.3 Å². The van der Waals surface area contributed by atoms with Crippen molar-refractivity contribution in [1.82, 2.24) is 39.9 Å². The van der Waals surface area contributed by atoms with E-state index in [1.165, 1.54) is 84.6 Å². The van der Waals surface area contributed by atoms with E-state index >= 15 is 0 Å². The van der Waals surface area contributed by atoms with Gasteiger partial charge < -0.3 is 58.8 Å². The minimum absolute atomic E-state index is 0.107. The lowest BCUT2D eigenvalue weighted by Gasteiger charge is -2.30. The number of nitrogens with zero attached hydrogens (tertiary/aromatic N) is 20. The molecular weight excluding hydrogens is 1520 g/mol. The average Bonchev–Trinajstić information content (AvgIpc) is 1.60. The van der Waals surface area contributed by atoms with Crippen molar-refractivity contribution in [2.75, 3.05) is 79.9 Å². The molecule has 6 atom stereocenters. The lowest BCUT2D eigenvalue weighted by atomic mass is 10.1. The van der Waals surface area contributed by atoms with Crippen LogP contribution in [-0.4, -0.2) is 98.0 Å². The van der Waals surface area contributed by atoms with E-state index < -0.39 is 0 Å². The maximum atomic E-state index is 4.67. The van der Waals surface area contributed by atoms with Crippen molar-refractivity contribution < 1.29 is 0 Å². The van der Waals surface area contributed by atoms with Crippen molar-refractivity contribution in [1.29, 1.82) is 0 Å². The molecule has 9 aromatic carbocycles. The first-order valence-electron chi connectivity index (χ1n) is 42.1. The number of hydrogen-bond donors (Lipinski definition) is 0. The summed E-state index contributed by atoms with van der Waals surface area (Å²) in [7, 11) is 6.26. The highest BCUT2D eigenvalue weighted by atomic mass is 15.5. The fourth-order valence-corrected chi connectivity index (χ4v) is 17.4. The summed E-state index contributed by atoms with van der Waals surface area (Å²) in [6.45, 7) is 26.0. The van der Waals surface area contributed by atoms with Gasteiger partial charge in [0.2, 0.25) is 0 Å². The first-order chi connectivity index (χ1) is 59.9. The summed E-state index contributed by atoms with van der Waals surface area (Å²) < 4.78 is 0. The number of aryl methyl sites for hydroxylation is 6. The van der Waals surface area contributed by atoms with Gasteiger partial charge in [0.25, 0.3) is 0 Å². The van der Waals surface area contributed by atoms with Gasteiger partial charge in [-0.25, -0.2) is 39.9 Å². The maximum absolute atomic E-state index is 4.67. The predicted molar refractivity (Wildman–Crippen MR) is 509 cm³/mol. The van der Waals surface area contributed by atoms with Crippen LogP contribution in [0.3, 0.4) is 0 Å². The van der Waals surface area contributed by atoms with Crippen LogP contribution in [0.2, 0.25) is 0 Å². The minimum Gasteiger partial charge on any atom is -0.351 e. The molecule has 618 valence electrons. The summed E-state index contributed by atoms with van der Waals surface area (Å²) in [6, 6.07) is 98.5. The first kappa shape index (κ1) is 82.1. The molecule has 0 radical (unpaired) electrons. The second kappa shape index (κ2) is 36.1. The highest BCUT2D eigenvalue weighted by Crippen LogP contribution is 2.52. The number of aromatic nitrogens is 8. The van der Waals surface area contributed by atoms with Gasteiger partial charge in [-0.2, -0.15) is 0 Å². The molecule has 0 aliphatic carbocycles. The number of benzene rings is 9. The molecule has 6 aliphatic heterocycles. The first-order valence-corrected chi connectivity index (χ1v) is 42.1. The smallest absolute Gasteiger partial charge is 0.178 e. The third-order valence-electron chi connectivity index (χ3n) is 24.0. The van der Waals surface area contributed by atoms with Crippen molar-refractivity contribution in [3.63, 3.8) is 0 Å². The van der Waals surface area contributed by atoms with E-state index in [-0.39, 0.29) is 37.0 Å². The van der Waals surface area contributed by atoms with Crippen LogP contribution in [0.1, 0.15) is 74.9 Å². The number of hydrogen-bond acceptors (Lipinski definition) is 20. The van der Waals surface area contributed by atoms with Crippen LogP contribution < -0.4 is 58.8 Å². The van der Waals surface area contributed by atoms with E-state index in [0.29, 0.717) is 0 Å². The summed E-state index contributed by atoms with van der Waals surface area (Å²) in [6.07, 6.45) is 15.7. The minimum atomic E-state index is 0.107. The largest absolute Gasteiger partial charge is 0.351 e. The van der Waals surface area contributed by atoms with Gasteiger partial charge in [-0.3, -0.25) is 0 Å². The van der Waals surface area contributed by atoms with Crippen molar-refractivity contribution >= 4 is 120 Å². The molecular formula is C103H106N20. The molecule has 21 rings (SSSR count). The highest BCUT2D eigenvalue weighted by molar-refractivity contribution is 5.90. The topological polar surface area (TPSA) is 142 Å². The molecule has 20 heteroatoms. The number of fused-ring (bicyclic) bond motifs is 6. The molecule has 6 aromatic heterocycles. The van der Waals surface area contributed by atoms with E-state index in [2.05, 4.69) is 446 Å². The second-order valence-electron chi connectivity index (χ2n) is 31.5. The molecule has 6 aliphatic rings. The molecule has 0 saturated carbocycles. The van der Waals surface area contributed by atoms with Crippen molar-refractivity contribution in [2.45, 2.75) is 120 Å². The monoisotopic (exact) mass is 1620 g/mol. The van der Waals surface area contributed by atoms with Crippen LogP contribution in [-0.2, 0) is 0 Å².